The van der Waals surface area contributed by atoms with Gasteiger partial charge < -0.3 is 0 Å². The maximum atomic E-state index is 13.6. The van der Waals surface area contributed by atoms with Crippen LogP contribution in [0.2, 0.25) is 0 Å². The Hall–Kier alpha value is -4.97. The van der Waals surface area contributed by atoms with Gasteiger partial charge in [-0.2, -0.15) is 9.98 Å². The van der Waals surface area contributed by atoms with Gasteiger partial charge in [-0.1, -0.05) is 38.1 Å². The first kappa shape index (κ1) is 24.2. The van der Waals surface area contributed by atoms with E-state index in [1.807, 2.05) is 26.0 Å². The maximum absolute atomic E-state index is 13.6. The number of isocyanates is 2. The summed E-state index contributed by atoms with van der Waals surface area (Å²) in [4.78, 5) is 70.8. The van der Waals surface area contributed by atoms with Crippen LogP contribution in [0.15, 0.2) is 82.8 Å². The fourth-order valence-electron chi connectivity index (χ4n) is 3.94. The molecule has 3 aromatic rings. The van der Waals surface area contributed by atoms with E-state index in [4.69, 9.17) is 0 Å². The van der Waals surface area contributed by atoms with Crippen LogP contribution in [0.4, 0.5) is 27.5 Å². The summed E-state index contributed by atoms with van der Waals surface area (Å²) < 4.78 is 0. The van der Waals surface area contributed by atoms with Crippen LogP contribution < -0.4 is 9.80 Å². The van der Waals surface area contributed by atoms with Crippen LogP contribution in [0.5, 0.6) is 0 Å². The van der Waals surface area contributed by atoms with Gasteiger partial charge in [0.1, 0.15) is 5.92 Å². The molecule has 1 atom stereocenters. The van der Waals surface area contributed by atoms with E-state index in [9.17, 15) is 24.0 Å². The predicted octanol–water partition coefficient (Wildman–Crippen LogP) is 5.03. The summed E-state index contributed by atoms with van der Waals surface area (Å²) >= 11 is 0. The number of nitrogens with zero attached hydrogens (tertiary/aromatic N) is 4. The van der Waals surface area contributed by atoms with Crippen LogP contribution in [-0.4, -0.2) is 30.0 Å². The van der Waals surface area contributed by atoms with Crippen molar-refractivity contribution in [1.82, 2.24) is 0 Å². The van der Waals surface area contributed by atoms with Crippen molar-refractivity contribution in [2.75, 3.05) is 9.80 Å². The van der Waals surface area contributed by atoms with Gasteiger partial charge in [0.15, 0.2) is 0 Å². The quantitative estimate of drug-likeness (QED) is 0.279. The van der Waals surface area contributed by atoms with Gasteiger partial charge in [0, 0.05) is 0 Å². The second kappa shape index (κ2) is 10.1. The molecule has 9 nitrogen and oxygen atoms in total. The average Bonchev–Trinajstić information content (AvgIpc) is 2.87. The number of carbonyl (C=O) groups excluding carboxylic acids is 5. The highest BCUT2D eigenvalue weighted by molar-refractivity contribution is 6.38. The first-order chi connectivity index (χ1) is 17.3. The number of rotatable bonds is 6. The molecule has 0 bridgehead atoms. The molecule has 1 unspecified atom stereocenters. The maximum Gasteiger partial charge on any atom is 0.342 e. The number of hydrogen-bond donors (Lipinski definition) is 0. The Bertz CT molecular complexity index is 1330. The molecule has 0 saturated carbocycles. The fraction of sp³-hybridized carbons (Fsp3) is 0.148. The Morgan fingerprint density at radius 1 is 0.667 bits per heavy atom. The first-order valence-corrected chi connectivity index (χ1v) is 11.0. The largest absolute Gasteiger partial charge is 0.342 e. The zero-order valence-corrected chi connectivity index (χ0v) is 19.4. The Kier molecular flexibility index (Phi) is 6.79. The number of benzene rings is 3. The number of urea groups is 1. The zero-order valence-electron chi connectivity index (χ0n) is 19.4. The molecule has 0 spiro atoms. The minimum atomic E-state index is -1.32. The molecule has 36 heavy (non-hydrogen) atoms. The smallest absolute Gasteiger partial charge is 0.273 e. The number of barbiturate groups is 1. The molecule has 1 heterocycles. The van der Waals surface area contributed by atoms with Gasteiger partial charge in [0.05, 0.1) is 22.7 Å². The van der Waals surface area contributed by atoms with Gasteiger partial charge in [0.25, 0.3) is 11.8 Å². The van der Waals surface area contributed by atoms with E-state index in [1.54, 1.807) is 12.1 Å². The normalized spacial score (nSPS) is 15.5. The second-order valence-electron chi connectivity index (χ2n) is 8.32. The summed E-state index contributed by atoms with van der Waals surface area (Å²) in [6.45, 7) is 4.05. The van der Waals surface area contributed by atoms with E-state index in [-0.39, 0.29) is 11.6 Å². The summed E-state index contributed by atoms with van der Waals surface area (Å²) in [7, 11) is 0. The van der Waals surface area contributed by atoms with Crippen molar-refractivity contribution in [3.05, 3.63) is 83.9 Å². The summed E-state index contributed by atoms with van der Waals surface area (Å²) in [5.74, 6) is -2.52. The van der Waals surface area contributed by atoms with Crippen LogP contribution in [0, 0.1) is 0 Å². The Labute approximate surface area is 206 Å². The Morgan fingerprint density at radius 3 is 1.50 bits per heavy atom. The molecule has 0 aliphatic carbocycles. The average molecular weight is 480 g/mol. The summed E-state index contributed by atoms with van der Waals surface area (Å²) in [6, 6.07) is 18.0. The highest BCUT2D eigenvalue weighted by Crippen LogP contribution is 2.35. The SMILES string of the molecule is CC(C)c1ccc(N2C(=O)C(c3ccc(N=C=O)cc3)C(=O)N(c3ccc(N=C=O)cc3)C2=O)cc1. The molecule has 1 aliphatic heterocycles. The molecule has 4 rings (SSSR count). The fourth-order valence-corrected chi connectivity index (χ4v) is 3.94. The molecule has 9 heteroatoms. The predicted molar refractivity (Wildman–Crippen MR) is 132 cm³/mol. The highest BCUT2D eigenvalue weighted by Gasteiger charge is 2.48. The monoisotopic (exact) mass is 480 g/mol. The molecule has 1 saturated heterocycles. The van der Waals surface area contributed by atoms with Crippen molar-refractivity contribution in [2.45, 2.75) is 25.7 Å². The molecule has 1 aliphatic rings. The van der Waals surface area contributed by atoms with Crippen molar-refractivity contribution in [1.29, 1.82) is 0 Å². The first-order valence-electron chi connectivity index (χ1n) is 11.0. The minimum absolute atomic E-state index is 0.207. The molecule has 178 valence electrons. The molecular formula is C27H20N4O5. The van der Waals surface area contributed by atoms with Crippen molar-refractivity contribution >= 4 is 52.8 Å². The number of imide groups is 2. The molecule has 0 radical (unpaired) electrons. The van der Waals surface area contributed by atoms with Crippen molar-refractivity contribution in [3.8, 4) is 0 Å². The van der Waals surface area contributed by atoms with E-state index >= 15 is 0 Å². The van der Waals surface area contributed by atoms with E-state index in [2.05, 4.69) is 9.98 Å². The third-order valence-corrected chi connectivity index (χ3v) is 5.82. The number of carbonyl (C=O) groups is 3. The van der Waals surface area contributed by atoms with Gasteiger partial charge >= 0.3 is 6.03 Å². The molecular weight excluding hydrogens is 460 g/mol. The molecule has 3 aromatic carbocycles. The van der Waals surface area contributed by atoms with Crippen LogP contribution in [0.25, 0.3) is 0 Å². The number of amides is 4. The minimum Gasteiger partial charge on any atom is -0.273 e. The lowest BCUT2D eigenvalue weighted by atomic mass is 9.93. The number of aliphatic imine (C=N–C) groups is 2. The third-order valence-electron chi connectivity index (χ3n) is 5.82. The highest BCUT2D eigenvalue weighted by atomic mass is 16.2. The Morgan fingerprint density at radius 2 is 1.08 bits per heavy atom. The lowest BCUT2D eigenvalue weighted by molar-refractivity contribution is -0.129. The summed E-state index contributed by atoms with van der Waals surface area (Å²) in [6.07, 6.45) is 2.87. The number of hydrogen-bond acceptors (Lipinski definition) is 7. The second-order valence-corrected chi connectivity index (χ2v) is 8.32. The van der Waals surface area contributed by atoms with E-state index in [0.29, 0.717) is 22.6 Å². The van der Waals surface area contributed by atoms with Crippen molar-refractivity contribution in [3.63, 3.8) is 0 Å². The van der Waals surface area contributed by atoms with Gasteiger partial charge in [-0.05, 0) is 65.6 Å². The van der Waals surface area contributed by atoms with Gasteiger partial charge in [-0.25, -0.2) is 24.2 Å². The topological polar surface area (TPSA) is 117 Å². The van der Waals surface area contributed by atoms with E-state index in [0.717, 1.165) is 15.4 Å². The summed E-state index contributed by atoms with van der Waals surface area (Å²) in [5, 5.41) is 0. The lowest BCUT2D eigenvalue weighted by Gasteiger charge is -2.37. The van der Waals surface area contributed by atoms with Crippen LogP contribution >= 0.6 is 0 Å². The van der Waals surface area contributed by atoms with E-state index in [1.165, 1.54) is 60.7 Å². The molecule has 1 fully saturated rings. The van der Waals surface area contributed by atoms with Gasteiger partial charge in [0.2, 0.25) is 12.2 Å². The molecule has 4 amide bonds. The van der Waals surface area contributed by atoms with Gasteiger partial charge in [-0.3, -0.25) is 9.59 Å². The molecule has 0 N–H and O–H groups in total. The standard InChI is InChI=1S/C27H20N4O5/c1-17(2)18-5-11-22(12-6-18)30-25(34)24(19-3-7-20(8-4-19)28-15-32)26(35)31(27(30)36)23-13-9-21(10-14-23)29-16-33/h3-14,17,24H,1-2H3. The van der Waals surface area contributed by atoms with Gasteiger partial charge in [-0.15, -0.1) is 0 Å². The summed E-state index contributed by atoms with van der Waals surface area (Å²) in [5.41, 5.74) is 2.49. The van der Waals surface area contributed by atoms with Crippen LogP contribution in [0.3, 0.4) is 0 Å². The van der Waals surface area contributed by atoms with E-state index < -0.39 is 23.8 Å². The van der Waals surface area contributed by atoms with Crippen molar-refractivity contribution in [2.24, 2.45) is 9.98 Å². The van der Waals surface area contributed by atoms with Crippen LogP contribution in [0.1, 0.15) is 36.8 Å². The Balaban J connectivity index is 1.82. The van der Waals surface area contributed by atoms with Crippen molar-refractivity contribution < 1.29 is 24.0 Å². The van der Waals surface area contributed by atoms with Crippen LogP contribution in [-0.2, 0) is 19.2 Å². The molecule has 0 aromatic heterocycles. The lowest BCUT2D eigenvalue weighted by Crippen LogP contribution is -2.59. The third kappa shape index (κ3) is 4.52. The number of anilines is 2. The zero-order chi connectivity index (χ0) is 25.8.